The molecule has 0 radical (unpaired) electrons. The van der Waals surface area contributed by atoms with Gasteiger partial charge in [0, 0.05) is 26.2 Å². The van der Waals surface area contributed by atoms with Gasteiger partial charge in [0.2, 0.25) is 10.0 Å². The number of sulfonamides is 1. The van der Waals surface area contributed by atoms with Crippen molar-refractivity contribution >= 4 is 15.9 Å². The van der Waals surface area contributed by atoms with Crippen molar-refractivity contribution in [3.05, 3.63) is 24.3 Å². The lowest BCUT2D eigenvalue weighted by molar-refractivity contribution is -0.134. The molecule has 1 aromatic rings. The molecule has 1 amide bonds. The summed E-state index contributed by atoms with van der Waals surface area (Å²) < 4.78 is 33.5. The van der Waals surface area contributed by atoms with Crippen LogP contribution in [0.3, 0.4) is 0 Å². The van der Waals surface area contributed by atoms with E-state index in [9.17, 15) is 18.4 Å². The molecule has 1 heterocycles. The Morgan fingerprint density at radius 1 is 1.15 bits per heavy atom. The van der Waals surface area contributed by atoms with Crippen LogP contribution in [0.15, 0.2) is 29.2 Å². The highest BCUT2D eigenvalue weighted by Crippen LogP contribution is 2.24. The van der Waals surface area contributed by atoms with Crippen molar-refractivity contribution in [2.75, 3.05) is 52.9 Å². The number of hydrogen-bond donors (Lipinski definition) is 2. The lowest BCUT2D eigenvalue weighted by Gasteiger charge is -2.31. The van der Waals surface area contributed by atoms with Crippen molar-refractivity contribution in [1.82, 2.24) is 19.6 Å². The van der Waals surface area contributed by atoms with Crippen LogP contribution in [0.2, 0.25) is 0 Å². The highest BCUT2D eigenvalue weighted by atomic mass is 32.2. The quantitative estimate of drug-likeness (QED) is 0.301. The first-order valence-corrected chi connectivity index (χ1v) is 12.6. The molecule has 2 rings (SSSR count). The average molecular weight is 491 g/mol. The van der Waals surface area contributed by atoms with E-state index in [2.05, 4.69) is 40.5 Å². The molecular weight excluding hydrogens is 456 g/mol. The van der Waals surface area contributed by atoms with E-state index in [0.717, 1.165) is 30.5 Å². The van der Waals surface area contributed by atoms with Crippen LogP contribution in [-0.4, -0.2) is 92.6 Å². The second-order valence-electron chi connectivity index (χ2n) is 8.34. The second kappa shape index (κ2) is 13.3. The Balaban J connectivity index is 2.26. The summed E-state index contributed by atoms with van der Waals surface area (Å²) in [6, 6.07) is 4.78. The van der Waals surface area contributed by atoms with Crippen LogP contribution in [0.5, 0.6) is 5.75 Å². The number of nitrogens with zero attached hydrogens (tertiary/aromatic N) is 3. The minimum Gasteiger partial charge on any atom is -0.481 e. The SMILES string of the molecule is CC#CCOc1ccc(S(=O)(=O)N(CC#CCN2CCN(C)CC2)C(C(=O)NO)C(C)C)cc1. The molecule has 0 bridgehead atoms. The number of rotatable bonds is 9. The van der Waals surface area contributed by atoms with Gasteiger partial charge in [-0.05, 0) is 44.2 Å². The maximum Gasteiger partial charge on any atom is 0.262 e. The number of hydroxylamine groups is 1. The Labute approximate surface area is 203 Å². The molecule has 1 saturated heterocycles. The molecule has 0 saturated carbocycles. The van der Waals surface area contributed by atoms with Gasteiger partial charge in [-0.2, -0.15) is 4.31 Å². The van der Waals surface area contributed by atoms with Gasteiger partial charge in [-0.25, -0.2) is 13.9 Å². The van der Waals surface area contributed by atoms with Gasteiger partial charge in [0.25, 0.3) is 5.91 Å². The summed E-state index contributed by atoms with van der Waals surface area (Å²) in [7, 11) is -2.03. The summed E-state index contributed by atoms with van der Waals surface area (Å²) in [6.45, 7) is 9.37. The van der Waals surface area contributed by atoms with E-state index < -0.39 is 27.9 Å². The first-order chi connectivity index (χ1) is 16.2. The molecule has 34 heavy (non-hydrogen) atoms. The van der Waals surface area contributed by atoms with E-state index in [1.165, 1.54) is 24.3 Å². The van der Waals surface area contributed by atoms with Crippen molar-refractivity contribution in [2.24, 2.45) is 5.92 Å². The summed E-state index contributed by atoms with van der Waals surface area (Å²) in [5.74, 6) is 10.7. The summed E-state index contributed by atoms with van der Waals surface area (Å²) in [5.41, 5.74) is 1.60. The fourth-order valence-corrected chi connectivity index (χ4v) is 5.13. The average Bonchev–Trinajstić information content (AvgIpc) is 2.82. The lowest BCUT2D eigenvalue weighted by Crippen LogP contribution is -2.51. The molecule has 1 aromatic carbocycles. The summed E-state index contributed by atoms with van der Waals surface area (Å²) in [4.78, 5) is 16.9. The molecule has 0 spiro atoms. The van der Waals surface area contributed by atoms with Crippen LogP contribution in [0.25, 0.3) is 0 Å². The largest absolute Gasteiger partial charge is 0.481 e. The minimum absolute atomic E-state index is 0.00122. The number of benzene rings is 1. The predicted octanol–water partition coefficient (Wildman–Crippen LogP) is 0.860. The van der Waals surface area contributed by atoms with Gasteiger partial charge in [-0.1, -0.05) is 31.6 Å². The van der Waals surface area contributed by atoms with E-state index in [1.54, 1.807) is 26.3 Å². The number of likely N-dealkylation sites (N-methyl/N-ethyl adjacent to an activating group) is 1. The highest BCUT2D eigenvalue weighted by Gasteiger charge is 2.37. The third kappa shape index (κ3) is 7.73. The Morgan fingerprint density at radius 3 is 2.35 bits per heavy atom. The van der Waals surface area contributed by atoms with Crippen LogP contribution in [0, 0.1) is 29.6 Å². The fourth-order valence-electron chi connectivity index (χ4n) is 3.51. The third-order valence-corrected chi connectivity index (χ3v) is 7.34. The van der Waals surface area contributed by atoms with E-state index >= 15 is 0 Å². The van der Waals surface area contributed by atoms with Gasteiger partial charge in [-0.3, -0.25) is 14.9 Å². The van der Waals surface area contributed by atoms with Crippen molar-refractivity contribution in [3.8, 4) is 29.4 Å². The van der Waals surface area contributed by atoms with Crippen LogP contribution in [0.4, 0.5) is 0 Å². The van der Waals surface area contributed by atoms with Gasteiger partial charge in [0.05, 0.1) is 18.0 Å². The minimum atomic E-state index is -4.10. The molecule has 9 nitrogen and oxygen atoms in total. The summed E-state index contributed by atoms with van der Waals surface area (Å²) in [6.07, 6.45) is 0. The topological polar surface area (TPSA) is 102 Å². The number of carbonyl (C=O) groups is 1. The smallest absolute Gasteiger partial charge is 0.262 e. The fraction of sp³-hybridized carbons (Fsp3) is 0.542. The number of carbonyl (C=O) groups excluding carboxylic acids is 1. The van der Waals surface area contributed by atoms with Crippen molar-refractivity contribution in [2.45, 2.75) is 31.7 Å². The number of nitrogens with one attached hydrogen (secondary N) is 1. The van der Waals surface area contributed by atoms with E-state index in [1.807, 2.05) is 0 Å². The molecule has 1 unspecified atom stereocenters. The van der Waals surface area contributed by atoms with Gasteiger partial charge in [0.1, 0.15) is 18.4 Å². The van der Waals surface area contributed by atoms with Gasteiger partial charge in [-0.15, -0.1) is 5.92 Å². The number of ether oxygens (including phenoxy) is 1. The molecule has 0 aliphatic carbocycles. The molecule has 1 fully saturated rings. The highest BCUT2D eigenvalue weighted by molar-refractivity contribution is 7.89. The van der Waals surface area contributed by atoms with E-state index in [4.69, 9.17) is 4.74 Å². The molecule has 10 heteroatoms. The summed E-state index contributed by atoms with van der Waals surface area (Å²) in [5, 5.41) is 9.25. The maximum atomic E-state index is 13.5. The van der Waals surface area contributed by atoms with Crippen LogP contribution in [-0.2, 0) is 14.8 Å². The number of hydrogen-bond acceptors (Lipinski definition) is 7. The molecule has 186 valence electrons. The van der Waals surface area contributed by atoms with E-state index in [0.29, 0.717) is 12.3 Å². The lowest BCUT2D eigenvalue weighted by atomic mass is 10.0. The van der Waals surface area contributed by atoms with Crippen LogP contribution < -0.4 is 10.2 Å². The Bertz CT molecular complexity index is 1030. The maximum absolute atomic E-state index is 13.5. The zero-order valence-corrected chi connectivity index (χ0v) is 21.1. The van der Waals surface area contributed by atoms with Gasteiger partial charge < -0.3 is 9.64 Å². The molecule has 2 N–H and O–H groups in total. The molecular formula is C24H34N4O5S. The van der Waals surface area contributed by atoms with Crippen LogP contribution in [0.1, 0.15) is 20.8 Å². The van der Waals surface area contributed by atoms with Gasteiger partial charge in [0.15, 0.2) is 0 Å². The summed E-state index contributed by atoms with van der Waals surface area (Å²) >= 11 is 0. The first kappa shape index (κ1) is 27.6. The number of piperazine rings is 1. The molecule has 1 aliphatic heterocycles. The molecule has 1 aliphatic rings. The standard InChI is InChI=1S/C24H34N4O5S/c1-5-6-19-33-21-9-11-22(12-10-21)34(31,32)28(23(20(2)3)24(29)25-30)14-8-7-13-27-17-15-26(4)16-18-27/h9-12,20,23,30H,13-19H2,1-4H3,(H,25,29). The number of amides is 1. The molecule has 0 aromatic heterocycles. The zero-order valence-electron chi connectivity index (χ0n) is 20.2. The zero-order chi connectivity index (χ0) is 25.1. The monoisotopic (exact) mass is 490 g/mol. The Morgan fingerprint density at radius 2 is 1.79 bits per heavy atom. The predicted molar refractivity (Wildman–Crippen MR) is 130 cm³/mol. The van der Waals surface area contributed by atoms with Gasteiger partial charge >= 0.3 is 0 Å². The van der Waals surface area contributed by atoms with Crippen molar-refractivity contribution < 1.29 is 23.2 Å². The molecule has 1 atom stereocenters. The normalized spacial score (nSPS) is 15.7. The van der Waals surface area contributed by atoms with Crippen LogP contribution >= 0.6 is 0 Å². The Kier molecular flexibility index (Phi) is 10.8. The van der Waals surface area contributed by atoms with E-state index in [-0.39, 0.29) is 18.0 Å². The third-order valence-electron chi connectivity index (χ3n) is 5.50. The van der Waals surface area contributed by atoms with Crippen molar-refractivity contribution in [3.63, 3.8) is 0 Å². The second-order valence-corrected chi connectivity index (χ2v) is 10.2. The van der Waals surface area contributed by atoms with Crippen molar-refractivity contribution in [1.29, 1.82) is 0 Å². The first-order valence-electron chi connectivity index (χ1n) is 11.2. The Hall–Kier alpha value is -2.60.